The average molecular weight is 484 g/mol. The molecule has 0 spiro atoms. The van der Waals surface area contributed by atoms with E-state index in [9.17, 15) is 10.1 Å². The number of anilines is 1. The first-order chi connectivity index (χ1) is 15.9. The standard InChI is InChI=1S/C23H25N5O3S2/c1-12(2)32-23-27-26-22(33-23)28-15-6-5-7-16(29)20(15)19(14(11-24)21(28)25)13-8-9-17(30-3)18(10-13)31-4/h8-10,12,19H,5-7,25H2,1-4H3. The zero-order chi connectivity index (χ0) is 23.7. The normalized spacial score (nSPS) is 18.5. The molecule has 1 unspecified atom stereocenters. The minimum Gasteiger partial charge on any atom is -0.493 e. The highest BCUT2D eigenvalue weighted by Gasteiger charge is 2.41. The number of nitrogens with two attached hydrogens (primary N) is 1. The van der Waals surface area contributed by atoms with Gasteiger partial charge in [-0.05, 0) is 30.5 Å². The van der Waals surface area contributed by atoms with Crippen LogP contribution in [-0.2, 0) is 4.79 Å². The van der Waals surface area contributed by atoms with Crippen molar-refractivity contribution in [2.75, 3.05) is 19.1 Å². The van der Waals surface area contributed by atoms with Gasteiger partial charge in [-0.2, -0.15) is 5.26 Å². The summed E-state index contributed by atoms with van der Waals surface area (Å²) in [6, 6.07) is 7.70. The predicted molar refractivity (Wildman–Crippen MR) is 128 cm³/mol. The van der Waals surface area contributed by atoms with Crippen LogP contribution in [0, 0.1) is 11.3 Å². The fourth-order valence-electron chi connectivity index (χ4n) is 4.21. The zero-order valence-corrected chi connectivity index (χ0v) is 20.5. The van der Waals surface area contributed by atoms with E-state index in [2.05, 4.69) is 30.1 Å². The Hall–Kier alpha value is -3.03. The first kappa shape index (κ1) is 23.1. The number of Topliss-reactive ketones (excluding diaryl/α,β-unsaturated/α-hetero) is 1. The van der Waals surface area contributed by atoms with E-state index in [4.69, 9.17) is 15.2 Å². The smallest absolute Gasteiger partial charge is 0.219 e. The highest BCUT2D eigenvalue weighted by molar-refractivity contribution is 8.01. The topological polar surface area (TPSA) is 114 Å². The number of aromatic nitrogens is 2. The number of hydrogen-bond acceptors (Lipinski definition) is 10. The van der Waals surface area contributed by atoms with Crippen molar-refractivity contribution in [2.45, 2.75) is 48.6 Å². The SMILES string of the molecule is COc1ccc(C2C(C#N)=C(N)N(c3nnc(SC(C)C)s3)C3=C2C(=O)CCC3)cc1OC. The van der Waals surface area contributed by atoms with Gasteiger partial charge in [0, 0.05) is 22.9 Å². The minimum absolute atomic E-state index is 0.0163. The number of carbonyl (C=O) groups is 1. The molecule has 33 heavy (non-hydrogen) atoms. The van der Waals surface area contributed by atoms with E-state index in [1.807, 2.05) is 6.07 Å². The number of nitriles is 1. The predicted octanol–water partition coefficient (Wildman–Crippen LogP) is 4.36. The summed E-state index contributed by atoms with van der Waals surface area (Å²) in [7, 11) is 3.12. The second-order valence-electron chi connectivity index (χ2n) is 7.95. The van der Waals surface area contributed by atoms with Gasteiger partial charge in [0.2, 0.25) is 5.13 Å². The Morgan fingerprint density at radius 1 is 1.24 bits per heavy atom. The third-order valence-electron chi connectivity index (χ3n) is 5.58. The first-order valence-corrected chi connectivity index (χ1v) is 12.3. The van der Waals surface area contributed by atoms with E-state index in [-0.39, 0.29) is 11.6 Å². The molecule has 1 aromatic carbocycles. The molecule has 172 valence electrons. The molecule has 0 bridgehead atoms. The van der Waals surface area contributed by atoms with E-state index in [0.717, 1.165) is 15.6 Å². The second kappa shape index (κ2) is 9.45. The molecule has 10 heteroatoms. The molecule has 2 aromatic rings. The molecule has 2 N–H and O–H groups in total. The van der Waals surface area contributed by atoms with Crippen molar-refractivity contribution in [3.05, 3.63) is 46.4 Å². The van der Waals surface area contributed by atoms with Crippen LogP contribution >= 0.6 is 23.1 Å². The lowest BCUT2D eigenvalue weighted by molar-refractivity contribution is -0.116. The molecule has 0 radical (unpaired) electrons. The lowest BCUT2D eigenvalue weighted by atomic mass is 9.75. The van der Waals surface area contributed by atoms with Crippen LogP contribution in [0.4, 0.5) is 5.13 Å². The summed E-state index contributed by atoms with van der Waals surface area (Å²) in [4.78, 5) is 15.0. The number of rotatable bonds is 6. The van der Waals surface area contributed by atoms with Crippen LogP contribution in [0.2, 0.25) is 0 Å². The van der Waals surface area contributed by atoms with Gasteiger partial charge in [0.05, 0.1) is 31.8 Å². The number of methoxy groups -OCH3 is 2. The molecule has 1 aliphatic heterocycles. The largest absolute Gasteiger partial charge is 0.493 e. The summed E-state index contributed by atoms with van der Waals surface area (Å²) in [5.74, 6) is 0.817. The van der Waals surface area contributed by atoms with E-state index >= 15 is 0 Å². The summed E-state index contributed by atoms with van der Waals surface area (Å²) in [6.45, 7) is 4.17. The highest BCUT2D eigenvalue weighted by atomic mass is 32.2. The van der Waals surface area contributed by atoms with E-state index in [1.54, 1.807) is 43.0 Å². The average Bonchev–Trinajstić information content (AvgIpc) is 3.25. The van der Waals surface area contributed by atoms with E-state index in [1.165, 1.54) is 11.3 Å². The molecule has 0 fully saturated rings. The monoisotopic (exact) mass is 483 g/mol. The molecule has 0 saturated heterocycles. The van der Waals surface area contributed by atoms with Gasteiger partial charge in [-0.25, -0.2) is 0 Å². The van der Waals surface area contributed by atoms with Gasteiger partial charge in [-0.3, -0.25) is 9.69 Å². The molecule has 2 aliphatic rings. The van der Waals surface area contributed by atoms with Crippen LogP contribution in [0.25, 0.3) is 0 Å². The van der Waals surface area contributed by atoms with E-state index < -0.39 is 5.92 Å². The third-order valence-corrected chi connectivity index (χ3v) is 7.57. The number of hydrogen-bond donors (Lipinski definition) is 1. The Morgan fingerprint density at radius 3 is 2.67 bits per heavy atom. The van der Waals surface area contributed by atoms with Crippen molar-refractivity contribution in [1.29, 1.82) is 5.26 Å². The van der Waals surface area contributed by atoms with Gasteiger partial charge in [-0.15, -0.1) is 10.2 Å². The number of thioether (sulfide) groups is 1. The third kappa shape index (κ3) is 4.18. The van der Waals surface area contributed by atoms with E-state index in [0.29, 0.717) is 52.3 Å². The summed E-state index contributed by atoms with van der Waals surface area (Å²) < 4.78 is 11.6. The molecule has 1 atom stereocenters. The Bertz CT molecular complexity index is 1190. The van der Waals surface area contributed by atoms with Gasteiger partial charge >= 0.3 is 0 Å². The van der Waals surface area contributed by atoms with Crippen LogP contribution in [0.3, 0.4) is 0 Å². The lowest BCUT2D eigenvalue weighted by Gasteiger charge is -2.38. The number of allylic oxidation sites excluding steroid dienone is 3. The van der Waals surface area contributed by atoms with Crippen molar-refractivity contribution in [3.63, 3.8) is 0 Å². The Balaban J connectivity index is 1.88. The van der Waals surface area contributed by atoms with Crippen molar-refractivity contribution >= 4 is 34.0 Å². The van der Waals surface area contributed by atoms with Crippen molar-refractivity contribution in [2.24, 2.45) is 5.73 Å². The number of ketones is 1. The number of benzene rings is 1. The second-order valence-corrected chi connectivity index (χ2v) is 10.7. The van der Waals surface area contributed by atoms with Gasteiger partial charge < -0.3 is 15.2 Å². The van der Waals surface area contributed by atoms with Crippen LogP contribution in [0.15, 0.2) is 45.2 Å². The summed E-state index contributed by atoms with van der Waals surface area (Å²) in [5, 5.41) is 19.7. The van der Waals surface area contributed by atoms with Gasteiger partial charge in [0.1, 0.15) is 5.82 Å². The summed E-state index contributed by atoms with van der Waals surface area (Å²) >= 11 is 3.02. The maximum absolute atomic E-state index is 13.2. The molecule has 2 heterocycles. The molecule has 4 rings (SSSR count). The highest BCUT2D eigenvalue weighted by Crippen LogP contribution is 2.48. The molecule has 1 aromatic heterocycles. The number of nitrogens with zero attached hydrogens (tertiary/aromatic N) is 4. The van der Waals surface area contributed by atoms with Crippen LogP contribution in [0.1, 0.15) is 44.6 Å². The van der Waals surface area contributed by atoms with Gasteiger partial charge in [0.25, 0.3) is 0 Å². The van der Waals surface area contributed by atoms with Gasteiger partial charge in [-0.1, -0.05) is 43.0 Å². The quantitative estimate of drug-likeness (QED) is 0.598. The van der Waals surface area contributed by atoms with Gasteiger partial charge in [0.15, 0.2) is 21.6 Å². The fourth-order valence-corrected chi connectivity index (χ4v) is 6.32. The molecular formula is C23H25N5O3S2. The Kier molecular flexibility index (Phi) is 6.63. The molecule has 1 aliphatic carbocycles. The molecule has 0 saturated carbocycles. The van der Waals surface area contributed by atoms with Crippen LogP contribution < -0.4 is 20.1 Å². The first-order valence-electron chi connectivity index (χ1n) is 10.6. The molecule has 8 nitrogen and oxygen atoms in total. The maximum atomic E-state index is 13.2. The fraction of sp³-hybridized carbons (Fsp3) is 0.391. The maximum Gasteiger partial charge on any atom is 0.219 e. The molecular weight excluding hydrogens is 458 g/mol. The number of carbonyl (C=O) groups excluding carboxylic acids is 1. The number of ether oxygens (including phenoxy) is 2. The van der Waals surface area contributed by atoms with Crippen molar-refractivity contribution in [1.82, 2.24) is 10.2 Å². The van der Waals surface area contributed by atoms with Crippen LogP contribution in [0.5, 0.6) is 11.5 Å². The zero-order valence-electron chi connectivity index (χ0n) is 18.9. The Labute approximate surface area is 201 Å². The molecule has 0 amide bonds. The van der Waals surface area contributed by atoms with Crippen molar-refractivity contribution < 1.29 is 14.3 Å². The minimum atomic E-state index is -0.578. The van der Waals surface area contributed by atoms with Crippen molar-refractivity contribution in [3.8, 4) is 17.6 Å². The summed E-state index contributed by atoms with van der Waals surface area (Å²) in [6.07, 6.45) is 1.81. The summed E-state index contributed by atoms with van der Waals surface area (Å²) in [5.41, 5.74) is 9.04. The van der Waals surface area contributed by atoms with Crippen LogP contribution in [-0.4, -0.2) is 35.5 Å². The Morgan fingerprint density at radius 2 is 2.00 bits per heavy atom. The lowest BCUT2D eigenvalue weighted by Crippen LogP contribution is -2.38.